The minimum absolute atomic E-state index is 0.0889. The molecule has 1 heterocycles. The SMILES string of the molecule is CC1(C)c2ccccc2-c2c(N(c3ccc(-c4ccc5ccccc5c4)cc3)c3ccc(-c4ccc5cc6sc7ccccc7c6cc5c4)cc3)cccc21. The van der Waals surface area contributed by atoms with Gasteiger partial charge in [-0.05, 0) is 121 Å². The summed E-state index contributed by atoms with van der Waals surface area (Å²) in [5, 5.41) is 7.74. The number of hydrogen-bond acceptors (Lipinski definition) is 2. The molecule has 1 aliphatic rings. The Kier molecular flexibility index (Phi) is 7.14. The molecule has 0 fully saturated rings. The summed E-state index contributed by atoms with van der Waals surface area (Å²) in [6, 6.07) is 69.7. The summed E-state index contributed by atoms with van der Waals surface area (Å²) in [6.07, 6.45) is 0. The summed E-state index contributed by atoms with van der Waals surface area (Å²) in [6.45, 7) is 4.71. The normalized spacial score (nSPS) is 13.1. The van der Waals surface area contributed by atoms with E-state index in [4.69, 9.17) is 0 Å². The molecule has 9 aromatic carbocycles. The van der Waals surface area contributed by atoms with Crippen LogP contribution in [0, 0.1) is 0 Å². The molecule has 55 heavy (non-hydrogen) atoms. The lowest BCUT2D eigenvalue weighted by molar-refractivity contribution is 0.660. The maximum atomic E-state index is 2.45. The van der Waals surface area contributed by atoms with Crippen molar-refractivity contribution in [3.63, 3.8) is 0 Å². The molecule has 260 valence electrons. The summed E-state index contributed by atoms with van der Waals surface area (Å²) in [4.78, 5) is 2.45. The quantitative estimate of drug-likeness (QED) is 0.171. The van der Waals surface area contributed by atoms with E-state index in [9.17, 15) is 0 Å². The van der Waals surface area contributed by atoms with Crippen LogP contribution in [0.4, 0.5) is 17.1 Å². The third-order valence-electron chi connectivity index (χ3n) is 11.8. The van der Waals surface area contributed by atoms with Crippen LogP contribution in [0.25, 0.3) is 75.1 Å². The molecule has 0 spiro atoms. The minimum Gasteiger partial charge on any atom is -0.310 e. The molecule has 1 aromatic heterocycles. The van der Waals surface area contributed by atoms with Crippen LogP contribution < -0.4 is 4.90 Å². The second-order valence-corrected chi connectivity index (χ2v) is 16.5. The van der Waals surface area contributed by atoms with E-state index < -0.39 is 0 Å². The Labute approximate surface area is 325 Å². The first-order valence-electron chi connectivity index (χ1n) is 19.1. The molecule has 0 aliphatic heterocycles. The van der Waals surface area contributed by atoms with Gasteiger partial charge >= 0.3 is 0 Å². The molecule has 0 unspecified atom stereocenters. The van der Waals surface area contributed by atoms with Crippen molar-refractivity contribution in [2.75, 3.05) is 4.90 Å². The van der Waals surface area contributed by atoms with Crippen LogP contribution in [0.15, 0.2) is 188 Å². The molecule has 0 saturated carbocycles. The first kappa shape index (κ1) is 32.0. The van der Waals surface area contributed by atoms with Crippen LogP contribution in [0.2, 0.25) is 0 Å². The van der Waals surface area contributed by atoms with Gasteiger partial charge in [0.2, 0.25) is 0 Å². The van der Waals surface area contributed by atoms with E-state index in [-0.39, 0.29) is 5.41 Å². The van der Waals surface area contributed by atoms with Crippen molar-refractivity contribution in [1.82, 2.24) is 0 Å². The fraction of sp³-hybridized carbons (Fsp3) is 0.0566. The molecule has 0 radical (unpaired) electrons. The largest absolute Gasteiger partial charge is 0.310 e. The zero-order chi connectivity index (χ0) is 36.7. The fourth-order valence-corrected chi connectivity index (χ4v) is 10.1. The molecule has 0 N–H and O–H groups in total. The number of thiophene rings is 1. The number of hydrogen-bond donors (Lipinski definition) is 0. The van der Waals surface area contributed by atoms with Crippen molar-refractivity contribution in [3.8, 4) is 33.4 Å². The van der Waals surface area contributed by atoms with Gasteiger partial charge in [-0.2, -0.15) is 0 Å². The molecule has 1 nitrogen and oxygen atoms in total. The van der Waals surface area contributed by atoms with Gasteiger partial charge in [-0.15, -0.1) is 11.3 Å². The van der Waals surface area contributed by atoms with Crippen LogP contribution in [0.5, 0.6) is 0 Å². The van der Waals surface area contributed by atoms with Gasteiger partial charge in [0.25, 0.3) is 0 Å². The van der Waals surface area contributed by atoms with Gasteiger partial charge in [0.05, 0.1) is 5.69 Å². The highest BCUT2D eigenvalue weighted by Crippen LogP contribution is 2.54. The molecule has 0 bridgehead atoms. The standard InChI is InChI=1S/C53H37NS/c1-53(2)47-14-7-5-13-45(47)52-48(53)15-9-16-49(52)54(42-26-22-35(23-27-42)38-19-18-34-10-3-4-11-37(34)30-38)43-28-24-36(25-29-43)39-20-21-40-33-51-46(32-41(40)31-39)44-12-6-8-17-50(44)55-51/h3-33H,1-2H3. The topological polar surface area (TPSA) is 3.24 Å². The summed E-state index contributed by atoms with van der Waals surface area (Å²) >= 11 is 1.88. The highest BCUT2D eigenvalue weighted by molar-refractivity contribution is 7.25. The molecule has 0 saturated heterocycles. The zero-order valence-electron chi connectivity index (χ0n) is 30.8. The first-order valence-corrected chi connectivity index (χ1v) is 19.9. The lowest BCUT2D eigenvalue weighted by Gasteiger charge is -2.29. The lowest BCUT2D eigenvalue weighted by atomic mass is 9.82. The minimum atomic E-state index is -0.0889. The zero-order valence-corrected chi connectivity index (χ0v) is 31.6. The molecule has 11 rings (SSSR count). The van der Waals surface area contributed by atoms with Gasteiger partial charge in [0.1, 0.15) is 0 Å². The van der Waals surface area contributed by atoms with Gasteiger partial charge in [0, 0.05) is 42.5 Å². The van der Waals surface area contributed by atoms with Crippen molar-refractivity contribution in [2.45, 2.75) is 19.3 Å². The third kappa shape index (κ3) is 5.13. The monoisotopic (exact) mass is 719 g/mol. The predicted octanol–water partition coefficient (Wildman–Crippen LogP) is 15.5. The first-order chi connectivity index (χ1) is 27.0. The number of rotatable bonds is 5. The summed E-state index contributed by atoms with van der Waals surface area (Å²) in [5.41, 5.74) is 13.6. The van der Waals surface area contributed by atoms with E-state index in [2.05, 4.69) is 207 Å². The second-order valence-electron chi connectivity index (χ2n) is 15.4. The summed E-state index contributed by atoms with van der Waals surface area (Å²) < 4.78 is 2.68. The average Bonchev–Trinajstić information content (AvgIpc) is 3.71. The van der Waals surface area contributed by atoms with E-state index in [1.54, 1.807) is 0 Å². The Morgan fingerprint density at radius 1 is 0.400 bits per heavy atom. The third-order valence-corrected chi connectivity index (χ3v) is 13.0. The molecule has 0 amide bonds. The van der Waals surface area contributed by atoms with Gasteiger partial charge in [-0.25, -0.2) is 0 Å². The number of fused-ring (bicyclic) bond motifs is 8. The van der Waals surface area contributed by atoms with Crippen LogP contribution in [0.3, 0.4) is 0 Å². The number of anilines is 3. The van der Waals surface area contributed by atoms with Crippen molar-refractivity contribution >= 4 is 70.1 Å². The van der Waals surface area contributed by atoms with Gasteiger partial charge in [0.15, 0.2) is 0 Å². The van der Waals surface area contributed by atoms with Crippen molar-refractivity contribution in [1.29, 1.82) is 0 Å². The molecular weight excluding hydrogens is 683 g/mol. The predicted molar refractivity (Wildman–Crippen MR) is 237 cm³/mol. The Morgan fingerprint density at radius 2 is 0.982 bits per heavy atom. The van der Waals surface area contributed by atoms with E-state index in [1.165, 1.54) is 91.9 Å². The van der Waals surface area contributed by atoms with Crippen molar-refractivity contribution in [3.05, 3.63) is 199 Å². The lowest BCUT2D eigenvalue weighted by Crippen LogP contribution is -2.16. The Hall–Kier alpha value is -6.48. The van der Waals surface area contributed by atoms with Crippen LogP contribution in [-0.4, -0.2) is 0 Å². The van der Waals surface area contributed by atoms with Crippen LogP contribution in [-0.2, 0) is 5.41 Å². The molecule has 1 aliphatic carbocycles. The highest BCUT2D eigenvalue weighted by atomic mass is 32.1. The van der Waals surface area contributed by atoms with Gasteiger partial charge in [-0.3, -0.25) is 0 Å². The molecule has 0 atom stereocenters. The average molecular weight is 720 g/mol. The molecule has 2 heteroatoms. The maximum Gasteiger partial charge on any atom is 0.0543 e. The fourth-order valence-electron chi connectivity index (χ4n) is 8.97. The highest BCUT2D eigenvalue weighted by Gasteiger charge is 2.37. The second kappa shape index (κ2) is 12.3. The van der Waals surface area contributed by atoms with E-state index in [0.717, 1.165) is 11.4 Å². The van der Waals surface area contributed by atoms with E-state index in [1.807, 2.05) is 11.3 Å². The van der Waals surface area contributed by atoms with Crippen molar-refractivity contribution < 1.29 is 0 Å². The summed E-state index contributed by atoms with van der Waals surface area (Å²) in [7, 11) is 0. The van der Waals surface area contributed by atoms with Gasteiger partial charge in [-0.1, -0.05) is 141 Å². The van der Waals surface area contributed by atoms with Crippen LogP contribution >= 0.6 is 11.3 Å². The number of benzene rings is 9. The van der Waals surface area contributed by atoms with E-state index >= 15 is 0 Å². The Bertz CT molecular complexity index is 3110. The van der Waals surface area contributed by atoms with E-state index in [0.29, 0.717) is 0 Å². The molecule has 10 aromatic rings. The Morgan fingerprint density at radius 3 is 1.75 bits per heavy atom. The van der Waals surface area contributed by atoms with Crippen LogP contribution in [0.1, 0.15) is 25.0 Å². The maximum absolute atomic E-state index is 2.45. The number of nitrogens with zero attached hydrogens (tertiary/aromatic N) is 1. The van der Waals surface area contributed by atoms with Crippen molar-refractivity contribution in [2.24, 2.45) is 0 Å². The van der Waals surface area contributed by atoms with Gasteiger partial charge < -0.3 is 4.90 Å². The molecular formula is C53H37NS. The smallest absolute Gasteiger partial charge is 0.0543 e. The summed E-state index contributed by atoms with van der Waals surface area (Å²) in [5.74, 6) is 0. The Balaban J connectivity index is 1.02.